The minimum absolute atomic E-state index is 0.0760. The molecule has 1 aliphatic rings. The van der Waals surface area contributed by atoms with Crippen LogP contribution in [0.25, 0.3) is 0 Å². The predicted molar refractivity (Wildman–Crippen MR) is 57.2 cm³/mol. The van der Waals surface area contributed by atoms with Gasteiger partial charge in [0.15, 0.2) is 0 Å². The topological polar surface area (TPSA) is 44.4 Å². The molecule has 0 aliphatic carbocycles. The standard InChI is InChI=1S/C10H21N3O/c1-3-4-9(10(14)11-2)13-7-5-12-6-8-13/h9,12H,3-8H2,1-2H3,(H,11,14). The smallest absolute Gasteiger partial charge is 0.237 e. The number of rotatable bonds is 4. The highest BCUT2D eigenvalue weighted by Gasteiger charge is 2.24. The Morgan fingerprint density at radius 1 is 1.50 bits per heavy atom. The van der Waals surface area contributed by atoms with Crippen LogP contribution in [-0.2, 0) is 4.79 Å². The van der Waals surface area contributed by atoms with Gasteiger partial charge in [-0.05, 0) is 6.42 Å². The predicted octanol–water partition coefficient (Wildman–Crippen LogP) is -0.194. The Kier molecular flexibility index (Phi) is 4.90. The van der Waals surface area contributed by atoms with Crippen molar-refractivity contribution in [1.82, 2.24) is 15.5 Å². The van der Waals surface area contributed by atoms with Gasteiger partial charge in [0.2, 0.25) is 5.91 Å². The first-order valence-electron chi connectivity index (χ1n) is 5.46. The molecule has 4 heteroatoms. The van der Waals surface area contributed by atoms with E-state index >= 15 is 0 Å². The van der Waals surface area contributed by atoms with Crippen molar-refractivity contribution in [2.24, 2.45) is 0 Å². The normalized spacial score (nSPS) is 20.4. The van der Waals surface area contributed by atoms with Crippen LogP contribution in [0.3, 0.4) is 0 Å². The minimum Gasteiger partial charge on any atom is -0.358 e. The minimum atomic E-state index is 0.0760. The monoisotopic (exact) mass is 199 g/mol. The fourth-order valence-electron chi connectivity index (χ4n) is 1.91. The summed E-state index contributed by atoms with van der Waals surface area (Å²) in [6, 6.07) is 0.0760. The van der Waals surface area contributed by atoms with Gasteiger partial charge < -0.3 is 10.6 Å². The second-order valence-electron chi connectivity index (χ2n) is 3.70. The van der Waals surface area contributed by atoms with Crippen molar-refractivity contribution in [2.45, 2.75) is 25.8 Å². The van der Waals surface area contributed by atoms with E-state index < -0.39 is 0 Å². The van der Waals surface area contributed by atoms with E-state index in [2.05, 4.69) is 22.5 Å². The molecule has 1 saturated heterocycles. The van der Waals surface area contributed by atoms with Gasteiger partial charge in [0.1, 0.15) is 0 Å². The van der Waals surface area contributed by atoms with E-state index in [4.69, 9.17) is 0 Å². The largest absolute Gasteiger partial charge is 0.358 e. The van der Waals surface area contributed by atoms with Gasteiger partial charge in [-0.3, -0.25) is 9.69 Å². The molecule has 1 aliphatic heterocycles. The first-order chi connectivity index (χ1) is 6.79. The molecular formula is C10H21N3O. The lowest BCUT2D eigenvalue weighted by atomic mass is 10.1. The summed E-state index contributed by atoms with van der Waals surface area (Å²) in [5.41, 5.74) is 0. The van der Waals surface area contributed by atoms with Crippen LogP contribution in [0.2, 0.25) is 0 Å². The molecule has 1 unspecified atom stereocenters. The Morgan fingerprint density at radius 3 is 2.64 bits per heavy atom. The summed E-state index contributed by atoms with van der Waals surface area (Å²) in [7, 11) is 1.72. The molecule has 0 aromatic carbocycles. The van der Waals surface area contributed by atoms with Gasteiger partial charge in [-0.2, -0.15) is 0 Å². The zero-order valence-electron chi connectivity index (χ0n) is 9.18. The summed E-state index contributed by atoms with van der Waals surface area (Å²) in [6.45, 7) is 6.09. The molecule has 1 heterocycles. The van der Waals surface area contributed by atoms with Crippen molar-refractivity contribution >= 4 is 5.91 Å². The summed E-state index contributed by atoms with van der Waals surface area (Å²) < 4.78 is 0. The van der Waals surface area contributed by atoms with Crippen LogP contribution in [0.15, 0.2) is 0 Å². The summed E-state index contributed by atoms with van der Waals surface area (Å²) >= 11 is 0. The van der Waals surface area contributed by atoms with Crippen LogP contribution in [0.1, 0.15) is 19.8 Å². The first kappa shape index (κ1) is 11.5. The molecule has 82 valence electrons. The van der Waals surface area contributed by atoms with Crippen LogP contribution in [0.4, 0.5) is 0 Å². The lowest BCUT2D eigenvalue weighted by Crippen LogP contribution is -2.53. The SMILES string of the molecule is CCCC(C(=O)NC)N1CCNCC1. The summed E-state index contributed by atoms with van der Waals surface area (Å²) in [5.74, 6) is 0.161. The molecule has 14 heavy (non-hydrogen) atoms. The number of carbonyl (C=O) groups excluding carboxylic acids is 1. The number of hydrogen-bond donors (Lipinski definition) is 2. The van der Waals surface area contributed by atoms with E-state index in [1.165, 1.54) is 0 Å². The highest BCUT2D eigenvalue weighted by Crippen LogP contribution is 2.08. The Labute approximate surface area is 86.0 Å². The Morgan fingerprint density at radius 2 is 2.14 bits per heavy atom. The third-order valence-corrected chi connectivity index (χ3v) is 2.70. The number of likely N-dealkylation sites (N-methyl/N-ethyl adjacent to an activating group) is 1. The molecule has 2 N–H and O–H groups in total. The highest BCUT2D eigenvalue weighted by atomic mass is 16.2. The van der Waals surface area contributed by atoms with Crippen LogP contribution >= 0.6 is 0 Å². The number of amides is 1. The molecule has 4 nitrogen and oxygen atoms in total. The summed E-state index contributed by atoms with van der Waals surface area (Å²) in [5, 5.41) is 6.04. The molecule has 1 fully saturated rings. The Hall–Kier alpha value is -0.610. The first-order valence-corrected chi connectivity index (χ1v) is 5.46. The lowest BCUT2D eigenvalue weighted by molar-refractivity contribution is -0.126. The van der Waals surface area contributed by atoms with Crippen molar-refractivity contribution in [3.05, 3.63) is 0 Å². The van der Waals surface area contributed by atoms with Gasteiger partial charge in [-0.25, -0.2) is 0 Å². The van der Waals surface area contributed by atoms with Gasteiger partial charge in [0.05, 0.1) is 6.04 Å². The zero-order chi connectivity index (χ0) is 10.4. The van der Waals surface area contributed by atoms with E-state index in [1.807, 2.05) is 0 Å². The van der Waals surface area contributed by atoms with Gasteiger partial charge >= 0.3 is 0 Å². The number of carbonyl (C=O) groups is 1. The molecule has 1 amide bonds. The quantitative estimate of drug-likeness (QED) is 0.659. The third kappa shape index (κ3) is 2.96. The van der Waals surface area contributed by atoms with Gasteiger partial charge in [0, 0.05) is 33.2 Å². The molecule has 0 saturated carbocycles. The van der Waals surface area contributed by atoms with Crippen molar-refractivity contribution in [3.63, 3.8) is 0 Å². The molecule has 1 atom stereocenters. The lowest BCUT2D eigenvalue weighted by Gasteiger charge is -2.33. The number of nitrogens with one attached hydrogen (secondary N) is 2. The maximum atomic E-state index is 11.6. The van der Waals surface area contributed by atoms with Gasteiger partial charge in [0.25, 0.3) is 0 Å². The summed E-state index contributed by atoms with van der Waals surface area (Å²) in [6.07, 6.45) is 2.02. The van der Waals surface area contributed by atoms with Crippen molar-refractivity contribution in [2.75, 3.05) is 33.2 Å². The second kappa shape index (κ2) is 5.98. The number of hydrogen-bond acceptors (Lipinski definition) is 3. The third-order valence-electron chi connectivity index (χ3n) is 2.70. The number of nitrogens with zero attached hydrogens (tertiary/aromatic N) is 1. The molecule has 1 rings (SSSR count). The molecule has 0 bridgehead atoms. The van der Waals surface area contributed by atoms with Crippen LogP contribution in [-0.4, -0.2) is 50.1 Å². The zero-order valence-corrected chi connectivity index (χ0v) is 9.18. The second-order valence-corrected chi connectivity index (χ2v) is 3.70. The van der Waals surface area contributed by atoms with E-state index in [9.17, 15) is 4.79 Å². The highest BCUT2D eigenvalue weighted by molar-refractivity contribution is 5.81. The van der Waals surface area contributed by atoms with Crippen LogP contribution < -0.4 is 10.6 Å². The number of piperazine rings is 1. The molecule has 0 aromatic heterocycles. The Bertz CT molecular complexity index is 178. The van der Waals surface area contributed by atoms with Gasteiger partial charge in [-0.15, -0.1) is 0 Å². The van der Waals surface area contributed by atoms with E-state index in [1.54, 1.807) is 7.05 Å². The van der Waals surface area contributed by atoms with Crippen molar-refractivity contribution in [1.29, 1.82) is 0 Å². The van der Waals surface area contributed by atoms with E-state index in [0.717, 1.165) is 39.0 Å². The molecular weight excluding hydrogens is 178 g/mol. The average molecular weight is 199 g/mol. The van der Waals surface area contributed by atoms with Crippen LogP contribution in [0, 0.1) is 0 Å². The molecule has 0 spiro atoms. The maximum absolute atomic E-state index is 11.6. The summed E-state index contributed by atoms with van der Waals surface area (Å²) in [4.78, 5) is 13.9. The fraction of sp³-hybridized carbons (Fsp3) is 0.900. The maximum Gasteiger partial charge on any atom is 0.237 e. The van der Waals surface area contributed by atoms with E-state index in [-0.39, 0.29) is 11.9 Å². The van der Waals surface area contributed by atoms with Crippen molar-refractivity contribution < 1.29 is 4.79 Å². The van der Waals surface area contributed by atoms with Crippen molar-refractivity contribution in [3.8, 4) is 0 Å². The molecule has 0 radical (unpaired) electrons. The average Bonchev–Trinajstić information content (AvgIpc) is 2.26. The fourth-order valence-corrected chi connectivity index (χ4v) is 1.91. The molecule has 0 aromatic rings. The Balaban J connectivity index is 2.50. The van der Waals surface area contributed by atoms with E-state index in [0.29, 0.717) is 0 Å². The van der Waals surface area contributed by atoms with Crippen LogP contribution in [0.5, 0.6) is 0 Å². The van der Waals surface area contributed by atoms with Gasteiger partial charge in [-0.1, -0.05) is 13.3 Å².